The Balaban J connectivity index is 0.00000231. The van der Waals surface area contributed by atoms with Crippen LogP contribution in [0, 0.1) is 17.2 Å². The Kier molecular flexibility index (Phi) is 6.00. The first-order chi connectivity index (χ1) is 14.7. The predicted molar refractivity (Wildman–Crippen MR) is 123 cm³/mol. The Morgan fingerprint density at radius 3 is 2.45 bits per heavy atom. The number of aryl methyl sites for hydroxylation is 1. The van der Waals surface area contributed by atoms with E-state index in [1.54, 1.807) is 7.11 Å². The van der Waals surface area contributed by atoms with E-state index in [4.69, 9.17) is 15.0 Å². The molecule has 0 aliphatic heterocycles. The molecular weight excluding hydrogens is 424 g/mol. The summed E-state index contributed by atoms with van der Waals surface area (Å²) < 4.78 is 5.36. The summed E-state index contributed by atoms with van der Waals surface area (Å²) >= 11 is 1.85. The van der Waals surface area contributed by atoms with Gasteiger partial charge in [-0.25, -0.2) is 4.98 Å². The molecule has 0 bridgehead atoms. The predicted octanol–water partition coefficient (Wildman–Crippen LogP) is 3.64. The van der Waals surface area contributed by atoms with Gasteiger partial charge in [-0.1, -0.05) is 31.2 Å². The highest BCUT2D eigenvalue weighted by molar-refractivity contribution is 7.19. The van der Waals surface area contributed by atoms with Gasteiger partial charge in [0.15, 0.2) is 0 Å². The average molecular weight is 446 g/mol. The first-order valence-corrected chi connectivity index (χ1v) is 11.1. The van der Waals surface area contributed by atoms with Crippen molar-refractivity contribution in [1.82, 2.24) is 4.98 Å². The topological polar surface area (TPSA) is 45.9 Å². The molecule has 5 heteroatoms. The van der Waals surface area contributed by atoms with Crippen molar-refractivity contribution < 1.29 is 17.1 Å². The van der Waals surface area contributed by atoms with Crippen LogP contribution in [-0.4, -0.2) is 12.1 Å². The summed E-state index contributed by atoms with van der Waals surface area (Å²) in [5, 5.41) is 10.4. The number of nitrogens with zero attached hydrogens (tertiary/aromatic N) is 2. The van der Waals surface area contributed by atoms with Gasteiger partial charge in [-0.15, -0.1) is 11.3 Å². The summed E-state index contributed by atoms with van der Waals surface area (Å²) in [6.45, 7) is 2.34. The summed E-state index contributed by atoms with van der Waals surface area (Å²) in [5.74, 6) is 1.59. The SMILES string of the molecule is COc1ccc(-c2cc(-c3ccc(C#N)cc3)nc3sc4c(c23)CCC(C)C4)cc1.[Cl-]. The fraction of sp³-hybridized carbons (Fsp3) is 0.231. The maximum Gasteiger partial charge on any atom is 0.125 e. The Bertz CT molecular complexity index is 1270. The number of aromatic nitrogens is 1. The van der Waals surface area contributed by atoms with Gasteiger partial charge in [0, 0.05) is 15.8 Å². The number of rotatable bonds is 3. The van der Waals surface area contributed by atoms with Gasteiger partial charge in [0.2, 0.25) is 0 Å². The van der Waals surface area contributed by atoms with E-state index in [-0.39, 0.29) is 12.4 Å². The Morgan fingerprint density at radius 2 is 1.77 bits per heavy atom. The minimum atomic E-state index is 0. The number of hydrogen-bond acceptors (Lipinski definition) is 4. The molecule has 0 spiro atoms. The molecule has 0 radical (unpaired) electrons. The third-order valence-corrected chi connectivity index (χ3v) is 7.12. The second kappa shape index (κ2) is 8.70. The number of nitriles is 1. The van der Waals surface area contributed by atoms with Crippen molar-refractivity contribution in [2.75, 3.05) is 7.11 Å². The molecule has 2 aromatic carbocycles. The monoisotopic (exact) mass is 445 g/mol. The number of ether oxygens (including phenoxy) is 1. The van der Waals surface area contributed by atoms with E-state index >= 15 is 0 Å². The Hall–Kier alpha value is -2.87. The number of pyridine rings is 1. The van der Waals surface area contributed by atoms with Gasteiger partial charge in [0.1, 0.15) is 10.6 Å². The molecule has 1 aliphatic rings. The molecule has 0 amide bonds. The molecule has 1 atom stereocenters. The summed E-state index contributed by atoms with van der Waals surface area (Å²) in [4.78, 5) is 7.66. The fourth-order valence-electron chi connectivity index (χ4n) is 4.31. The quantitative estimate of drug-likeness (QED) is 0.483. The average Bonchev–Trinajstić information content (AvgIpc) is 3.16. The highest BCUT2D eigenvalue weighted by Gasteiger charge is 2.24. The summed E-state index contributed by atoms with van der Waals surface area (Å²) in [6.07, 6.45) is 3.50. The Morgan fingerprint density at radius 1 is 1.06 bits per heavy atom. The minimum absolute atomic E-state index is 0. The fourth-order valence-corrected chi connectivity index (χ4v) is 5.71. The highest BCUT2D eigenvalue weighted by atomic mass is 35.5. The zero-order chi connectivity index (χ0) is 20.7. The van der Waals surface area contributed by atoms with Crippen LogP contribution >= 0.6 is 11.3 Å². The number of halogens is 1. The van der Waals surface area contributed by atoms with E-state index in [1.807, 2.05) is 47.7 Å². The molecule has 0 saturated heterocycles. The van der Waals surface area contributed by atoms with Crippen molar-refractivity contribution >= 4 is 21.6 Å². The van der Waals surface area contributed by atoms with Crippen LogP contribution in [0.2, 0.25) is 0 Å². The Labute approximate surface area is 192 Å². The lowest BCUT2D eigenvalue weighted by atomic mass is 9.87. The zero-order valence-electron chi connectivity index (χ0n) is 17.5. The molecule has 156 valence electrons. The maximum atomic E-state index is 9.12. The van der Waals surface area contributed by atoms with Crippen LogP contribution in [0.25, 0.3) is 32.6 Å². The second-order valence-corrected chi connectivity index (χ2v) is 9.09. The standard InChI is InChI=1S/C26H22N2OS.ClH/c1-16-3-12-21-24(13-16)30-26-25(21)22(18-8-10-20(29-2)11-9-18)14-23(28-26)19-6-4-17(15-27)5-7-19;/h4-11,14,16H,3,12-13H2,1-2H3;1H/p-1. The first kappa shape index (κ1) is 21.4. The summed E-state index contributed by atoms with van der Waals surface area (Å²) in [6, 6.07) is 20.4. The van der Waals surface area contributed by atoms with Gasteiger partial charge in [0.25, 0.3) is 0 Å². The third-order valence-electron chi connectivity index (χ3n) is 5.98. The summed E-state index contributed by atoms with van der Waals surface area (Å²) in [7, 11) is 1.69. The number of methoxy groups -OCH3 is 1. The van der Waals surface area contributed by atoms with Crippen molar-refractivity contribution in [3.8, 4) is 34.2 Å². The van der Waals surface area contributed by atoms with E-state index in [2.05, 4.69) is 31.2 Å². The number of thiophene rings is 1. The lowest BCUT2D eigenvalue weighted by molar-refractivity contribution is -0.00000649. The number of hydrogen-bond donors (Lipinski definition) is 0. The first-order valence-electron chi connectivity index (χ1n) is 10.3. The van der Waals surface area contributed by atoms with Crippen LogP contribution in [-0.2, 0) is 12.8 Å². The van der Waals surface area contributed by atoms with Gasteiger partial charge in [-0.2, -0.15) is 5.26 Å². The van der Waals surface area contributed by atoms with Crippen molar-refractivity contribution in [3.63, 3.8) is 0 Å². The van der Waals surface area contributed by atoms with Crippen LogP contribution in [0.3, 0.4) is 0 Å². The second-order valence-electron chi connectivity index (χ2n) is 8.00. The van der Waals surface area contributed by atoms with Crippen LogP contribution in [0.1, 0.15) is 29.3 Å². The molecular formula is C26H22ClN2OS-. The zero-order valence-corrected chi connectivity index (χ0v) is 19.1. The van der Waals surface area contributed by atoms with E-state index in [9.17, 15) is 0 Å². The summed E-state index contributed by atoms with van der Waals surface area (Å²) in [5.41, 5.74) is 6.54. The molecule has 0 fully saturated rings. The molecule has 2 heterocycles. The van der Waals surface area contributed by atoms with Gasteiger partial charge >= 0.3 is 0 Å². The van der Waals surface area contributed by atoms with E-state index in [0.717, 1.165) is 40.6 Å². The molecule has 0 saturated carbocycles. The largest absolute Gasteiger partial charge is 1.00 e. The van der Waals surface area contributed by atoms with Crippen molar-refractivity contribution in [3.05, 3.63) is 70.6 Å². The molecule has 31 heavy (non-hydrogen) atoms. The molecule has 1 aliphatic carbocycles. The van der Waals surface area contributed by atoms with Crippen LogP contribution in [0.4, 0.5) is 0 Å². The molecule has 5 rings (SSSR count). The van der Waals surface area contributed by atoms with Crippen LogP contribution < -0.4 is 17.1 Å². The highest BCUT2D eigenvalue weighted by Crippen LogP contribution is 2.43. The van der Waals surface area contributed by atoms with E-state index < -0.39 is 0 Å². The third kappa shape index (κ3) is 3.92. The normalized spacial score (nSPS) is 15.1. The molecule has 0 N–H and O–H groups in total. The number of fused-ring (bicyclic) bond motifs is 3. The molecule has 4 aromatic rings. The van der Waals surface area contributed by atoms with Gasteiger partial charge in [-0.3, -0.25) is 0 Å². The van der Waals surface area contributed by atoms with Crippen molar-refractivity contribution in [2.45, 2.75) is 26.2 Å². The minimum Gasteiger partial charge on any atom is -1.00 e. The molecule has 3 nitrogen and oxygen atoms in total. The van der Waals surface area contributed by atoms with Crippen LogP contribution in [0.5, 0.6) is 5.75 Å². The van der Waals surface area contributed by atoms with Gasteiger partial charge in [-0.05, 0) is 72.2 Å². The number of benzene rings is 2. The van der Waals surface area contributed by atoms with Gasteiger partial charge < -0.3 is 17.1 Å². The van der Waals surface area contributed by atoms with Gasteiger partial charge in [0.05, 0.1) is 24.4 Å². The smallest absolute Gasteiger partial charge is 0.125 e. The van der Waals surface area contributed by atoms with E-state index in [0.29, 0.717) is 5.56 Å². The lowest BCUT2D eigenvalue weighted by Crippen LogP contribution is -3.00. The molecule has 1 unspecified atom stereocenters. The van der Waals surface area contributed by atoms with E-state index in [1.165, 1.54) is 33.4 Å². The van der Waals surface area contributed by atoms with Crippen LogP contribution in [0.15, 0.2) is 54.6 Å². The maximum absolute atomic E-state index is 9.12. The molecule has 2 aromatic heterocycles. The lowest BCUT2D eigenvalue weighted by Gasteiger charge is -2.18. The van der Waals surface area contributed by atoms with Crippen molar-refractivity contribution in [2.24, 2.45) is 5.92 Å². The van der Waals surface area contributed by atoms with Crippen molar-refractivity contribution in [1.29, 1.82) is 5.26 Å².